The summed E-state index contributed by atoms with van der Waals surface area (Å²) in [5.41, 5.74) is 15.4. The lowest BCUT2D eigenvalue weighted by Crippen LogP contribution is -2.57. The molecule has 10 aromatic carbocycles. The average molecular weight is 820 g/mol. The van der Waals surface area contributed by atoms with Crippen LogP contribution in [0.1, 0.15) is 0 Å². The zero-order valence-electron chi connectivity index (χ0n) is 34.7. The molecule has 0 radical (unpaired) electrons. The Labute approximate surface area is 372 Å². The lowest BCUT2D eigenvalue weighted by atomic mass is 9.34. The lowest BCUT2D eigenvalue weighted by molar-refractivity contribution is 0.464. The summed E-state index contributed by atoms with van der Waals surface area (Å²) in [6, 6.07) is 81.9. The van der Waals surface area contributed by atoms with E-state index < -0.39 is 0 Å². The van der Waals surface area contributed by atoms with Crippen molar-refractivity contribution in [2.75, 3.05) is 14.7 Å². The zero-order chi connectivity index (χ0) is 42.1. The van der Waals surface area contributed by atoms with Crippen molar-refractivity contribution in [3.05, 3.63) is 231 Å². The van der Waals surface area contributed by atoms with Crippen LogP contribution >= 0.6 is 0 Å². The number of hydrogen-bond acceptors (Lipinski definition) is 5. The zero-order valence-corrected chi connectivity index (χ0v) is 34.7. The van der Waals surface area contributed by atoms with Crippen LogP contribution in [0.15, 0.2) is 231 Å². The first kappa shape index (κ1) is 36.2. The van der Waals surface area contributed by atoms with E-state index in [1.54, 1.807) is 0 Å². The highest BCUT2D eigenvalue weighted by atomic mass is 16.5. The number of rotatable bonds is 7. The second kappa shape index (κ2) is 14.6. The third-order valence-electron chi connectivity index (χ3n) is 12.8. The highest BCUT2D eigenvalue weighted by molar-refractivity contribution is 6.98. The first-order valence-electron chi connectivity index (χ1n) is 21.8. The van der Waals surface area contributed by atoms with Crippen LogP contribution < -0.4 is 40.6 Å². The molecule has 0 fully saturated rings. The normalized spacial score (nSPS) is 12.6. The monoisotopic (exact) mass is 819 g/mol. The molecule has 5 nitrogen and oxygen atoms in total. The highest BCUT2D eigenvalue weighted by Gasteiger charge is 2.42. The van der Waals surface area contributed by atoms with Crippen molar-refractivity contribution in [1.82, 2.24) is 0 Å². The Morgan fingerprint density at radius 1 is 0.359 bits per heavy atom. The van der Waals surface area contributed by atoms with Gasteiger partial charge < -0.3 is 24.2 Å². The van der Waals surface area contributed by atoms with E-state index in [2.05, 4.69) is 239 Å². The fraction of sp³-hybridized carbons (Fsp3) is 0. The molecule has 3 heterocycles. The standard InChI is InChI=1S/C58H38BN3O2/c1-6-18-39(19-7-1)60(40-20-8-2-9-21-40)44-32-34-48-55(36-44)63-53-30-17-31-54-58(53)59(48)49-38-52-47(37-56(49)64-54)45-33-35-50(61(41-22-10-3-11-23-41)42-24-12-4-13-25-42)46-28-16-29-51(57(45)46)62(52)43-26-14-5-15-27-43/h1-38H. The SMILES string of the molecule is c1ccc(N(c2ccccc2)c2ccc3c(c2)Oc2cccc4c2B3c2cc3c(cc2O4)-c2ccc(N(c4ccccc4)c4ccccc4)c4cccc(c24)N3c2ccccc2)cc1. The minimum absolute atomic E-state index is 0.123. The van der Waals surface area contributed by atoms with Crippen LogP contribution in [0, 0.1) is 0 Å². The first-order chi connectivity index (χ1) is 31.8. The van der Waals surface area contributed by atoms with Crippen molar-refractivity contribution < 1.29 is 9.47 Å². The minimum atomic E-state index is -0.123. The summed E-state index contributed by atoms with van der Waals surface area (Å²) in [6.07, 6.45) is 0. The van der Waals surface area contributed by atoms with Crippen LogP contribution in [0.4, 0.5) is 51.2 Å². The number of anilines is 9. The number of ether oxygens (including phenoxy) is 2. The Morgan fingerprint density at radius 2 is 0.906 bits per heavy atom. The molecule has 0 saturated heterocycles. The third-order valence-corrected chi connectivity index (χ3v) is 12.8. The summed E-state index contributed by atoms with van der Waals surface area (Å²) >= 11 is 0. The number of fused-ring (bicyclic) bond motifs is 6. The molecule has 0 spiro atoms. The van der Waals surface area contributed by atoms with Gasteiger partial charge in [-0.1, -0.05) is 121 Å². The molecular formula is C58H38BN3O2. The molecule has 0 amide bonds. The largest absolute Gasteiger partial charge is 0.458 e. The van der Waals surface area contributed by atoms with Crippen molar-refractivity contribution >= 4 is 85.1 Å². The number of para-hydroxylation sites is 5. The van der Waals surface area contributed by atoms with Crippen molar-refractivity contribution in [1.29, 1.82) is 0 Å². The quantitative estimate of drug-likeness (QED) is 0.149. The molecule has 0 N–H and O–H groups in total. The predicted molar refractivity (Wildman–Crippen MR) is 265 cm³/mol. The summed E-state index contributed by atoms with van der Waals surface area (Å²) in [4.78, 5) is 7.08. The molecule has 3 aliphatic rings. The first-order valence-corrected chi connectivity index (χ1v) is 21.8. The third kappa shape index (κ3) is 5.66. The van der Waals surface area contributed by atoms with Crippen LogP contribution in [0.5, 0.6) is 23.0 Å². The molecule has 0 bridgehead atoms. The van der Waals surface area contributed by atoms with Crippen molar-refractivity contribution in [3.8, 4) is 34.1 Å². The van der Waals surface area contributed by atoms with E-state index in [0.29, 0.717) is 0 Å². The van der Waals surface area contributed by atoms with E-state index >= 15 is 0 Å². The summed E-state index contributed by atoms with van der Waals surface area (Å²) in [5.74, 6) is 3.31. The van der Waals surface area contributed by atoms with Gasteiger partial charge in [-0.3, -0.25) is 0 Å². The van der Waals surface area contributed by atoms with E-state index in [1.807, 2.05) is 6.07 Å². The van der Waals surface area contributed by atoms with Gasteiger partial charge in [-0.25, -0.2) is 0 Å². The molecule has 10 aromatic rings. The molecule has 0 unspecified atom stereocenters. The highest BCUT2D eigenvalue weighted by Crippen LogP contribution is 2.54. The number of benzene rings is 10. The summed E-state index contributed by atoms with van der Waals surface area (Å²) in [5, 5.41) is 2.36. The van der Waals surface area contributed by atoms with Crippen LogP contribution in [0.25, 0.3) is 21.9 Å². The van der Waals surface area contributed by atoms with E-state index in [-0.39, 0.29) is 6.71 Å². The van der Waals surface area contributed by atoms with Gasteiger partial charge in [0, 0.05) is 62.0 Å². The molecule has 3 aliphatic heterocycles. The van der Waals surface area contributed by atoms with Gasteiger partial charge in [0.15, 0.2) is 0 Å². The van der Waals surface area contributed by atoms with Crippen molar-refractivity contribution in [2.24, 2.45) is 0 Å². The van der Waals surface area contributed by atoms with E-state index in [1.165, 1.54) is 10.9 Å². The Balaban J connectivity index is 1.01. The van der Waals surface area contributed by atoms with Crippen LogP contribution in [0.3, 0.4) is 0 Å². The topological polar surface area (TPSA) is 28.2 Å². The van der Waals surface area contributed by atoms with Crippen molar-refractivity contribution in [3.63, 3.8) is 0 Å². The number of hydrogen-bond donors (Lipinski definition) is 0. The second-order valence-corrected chi connectivity index (χ2v) is 16.5. The summed E-state index contributed by atoms with van der Waals surface area (Å²) in [6.45, 7) is -0.123. The van der Waals surface area contributed by atoms with Gasteiger partial charge in [-0.2, -0.15) is 0 Å². The maximum absolute atomic E-state index is 6.97. The maximum Gasteiger partial charge on any atom is 0.260 e. The molecule has 13 rings (SSSR count). The Morgan fingerprint density at radius 3 is 1.52 bits per heavy atom. The average Bonchev–Trinajstić information content (AvgIpc) is 3.36. The Hall–Kier alpha value is -8.48. The fourth-order valence-electron chi connectivity index (χ4n) is 10.1. The van der Waals surface area contributed by atoms with Crippen LogP contribution in [-0.4, -0.2) is 6.71 Å². The molecule has 64 heavy (non-hydrogen) atoms. The van der Waals surface area contributed by atoms with Gasteiger partial charge in [-0.05, 0) is 120 Å². The molecule has 300 valence electrons. The molecule has 6 heteroatoms. The lowest BCUT2D eigenvalue weighted by Gasteiger charge is -2.38. The van der Waals surface area contributed by atoms with Gasteiger partial charge in [0.2, 0.25) is 0 Å². The van der Waals surface area contributed by atoms with Crippen LogP contribution in [0.2, 0.25) is 0 Å². The number of nitrogens with zero attached hydrogens (tertiary/aromatic N) is 3. The van der Waals surface area contributed by atoms with Crippen LogP contribution in [-0.2, 0) is 0 Å². The van der Waals surface area contributed by atoms with E-state index in [9.17, 15) is 0 Å². The minimum Gasteiger partial charge on any atom is -0.458 e. The Bertz CT molecular complexity index is 3330. The van der Waals surface area contributed by atoms with Crippen molar-refractivity contribution in [2.45, 2.75) is 0 Å². The van der Waals surface area contributed by atoms with Gasteiger partial charge in [0.1, 0.15) is 23.0 Å². The summed E-state index contributed by atoms with van der Waals surface area (Å²) < 4.78 is 13.8. The molecule has 0 aliphatic carbocycles. The molecule has 0 aromatic heterocycles. The molecule has 0 saturated carbocycles. The smallest absolute Gasteiger partial charge is 0.260 e. The van der Waals surface area contributed by atoms with Gasteiger partial charge in [0.05, 0.1) is 17.1 Å². The van der Waals surface area contributed by atoms with Gasteiger partial charge >= 0.3 is 0 Å². The van der Waals surface area contributed by atoms with Gasteiger partial charge in [-0.15, -0.1) is 0 Å². The fourth-order valence-corrected chi connectivity index (χ4v) is 10.1. The Kier molecular flexibility index (Phi) is 8.24. The predicted octanol–water partition coefficient (Wildman–Crippen LogP) is 14.0. The van der Waals surface area contributed by atoms with Gasteiger partial charge in [0.25, 0.3) is 6.71 Å². The van der Waals surface area contributed by atoms with E-state index in [4.69, 9.17) is 9.47 Å². The maximum atomic E-state index is 6.97. The second-order valence-electron chi connectivity index (χ2n) is 16.5. The molecule has 0 atom stereocenters. The molecular weight excluding hydrogens is 781 g/mol. The van der Waals surface area contributed by atoms with E-state index in [0.717, 1.165) is 102 Å². The summed E-state index contributed by atoms with van der Waals surface area (Å²) in [7, 11) is 0.